The monoisotopic (exact) mass is 1290 g/mol. The second-order valence-electron chi connectivity index (χ2n) is 29.7. The highest BCUT2D eigenvalue weighted by atomic mass is 16.8. The van der Waals surface area contributed by atoms with Gasteiger partial charge in [0, 0.05) is 6.92 Å². The number of fused-ring (bicyclic) bond motifs is 7. The van der Waals surface area contributed by atoms with Crippen LogP contribution in [0.15, 0.2) is 11.6 Å². The Morgan fingerprint density at radius 3 is 1.70 bits per heavy atom. The van der Waals surface area contributed by atoms with Gasteiger partial charge < -0.3 is 129 Å². The normalized spacial score (nSPS) is 52.5. The molecule has 10 rings (SSSR count). The predicted molar refractivity (Wildman–Crippen MR) is 304 cm³/mol. The van der Waals surface area contributed by atoms with Gasteiger partial charge in [-0.3, -0.25) is 9.59 Å². The Morgan fingerprint density at radius 1 is 0.522 bits per heavy atom. The van der Waals surface area contributed by atoms with Gasteiger partial charge in [-0.2, -0.15) is 0 Å². The number of allylic oxidation sites excluding steroid dienone is 2. The molecule has 10 aliphatic rings. The lowest BCUT2D eigenvalue weighted by atomic mass is 9.33. The largest absolute Gasteiger partial charge is 0.463 e. The van der Waals surface area contributed by atoms with Crippen LogP contribution < -0.4 is 0 Å². The van der Waals surface area contributed by atoms with E-state index in [-0.39, 0.29) is 34.0 Å². The first kappa shape index (κ1) is 70.5. The van der Waals surface area contributed by atoms with Crippen LogP contribution in [0.25, 0.3) is 0 Å². The van der Waals surface area contributed by atoms with Crippen molar-refractivity contribution in [3.05, 3.63) is 11.6 Å². The maximum Gasteiger partial charge on any atom is 0.315 e. The second-order valence-corrected chi connectivity index (χ2v) is 29.7. The van der Waals surface area contributed by atoms with Gasteiger partial charge in [-0.15, -0.1) is 0 Å². The molecule has 0 radical (unpaired) electrons. The number of ether oxygens (including phenoxy) is 11. The van der Waals surface area contributed by atoms with Gasteiger partial charge in [-0.25, -0.2) is 0 Å². The van der Waals surface area contributed by atoms with Crippen LogP contribution in [0.3, 0.4) is 0 Å². The number of rotatable bonds is 15. The average molecular weight is 1290 g/mol. The van der Waals surface area contributed by atoms with Crippen LogP contribution in [0.4, 0.5) is 0 Å². The highest BCUT2D eigenvalue weighted by Gasteiger charge is 2.70. The highest BCUT2D eigenvalue weighted by molar-refractivity contribution is 5.79. The summed E-state index contributed by atoms with van der Waals surface area (Å²) in [6.07, 6.45) is -32.9. The molecule has 5 heterocycles. The van der Waals surface area contributed by atoms with E-state index in [9.17, 15) is 81.4 Å². The molecule has 15 N–H and O–H groups in total. The van der Waals surface area contributed by atoms with E-state index < -0.39 is 214 Å². The molecular weight excluding hydrogens is 1190 g/mol. The first-order valence-corrected chi connectivity index (χ1v) is 32.1. The average Bonchev–Trinajstić information content (AvgIpc) is 0.680. The second kappa shape index (κ2) is 26.3. The number of hydrogen-bond acceptors (Lipinski definition) is 28. The summed E-state index contributed by atoms with van der Waals surface area (Å²) in [6.45, 7) is 15.6. The van der Waals surface area contributed by atoms with Crippen molar-refractivity contribution in [1.29, 1.82) is 0 Å². The third-order valence-corrected chi connectivity index (χ3v) is 23.8. The van der Waals surface area contributed by atoms with Gasteiger partial charge in [0.15, 0.2) is 25.2 Å². The van der Waals surface area contributed by atoms with E-state index in [1.54, 1.807) is 0 Å². The molecule has 5 aliphatic carbocycles. The summed E-state index contributed by atoms with van der Waals surface area (Å²) in [4.78, 5) is 27.2. The molecule has 0 spiro atoms. The number of hydrogen-bond donors (Lipinski definition) is 15. The van der Waals surface area contributed by atoms with E-state index in [1.807, 2.05) is 0 Å². The van der Waals surface area contributed by atoms with E-state index >= 15 is 4.79 Å². The molecule has 9 fully saturated rings. The smallest absolute Gasteiger partial charge is 0.315 e. The summed E-state index contributed by atoms with van der Waals surface area (Å²) in [7, 11) is 0. The van der Waals surface area contributed by atoms with E-state index in [1.165, 1.54) is 12.5 Å². The van der Waals surface area contributed by atoms with Gasteiger partial charge in [-0.1, -0.05) is 60.1 Å². The van der Waals surface area contributed by atoms with E-state index in [4.69, 9.17) is 52.1 Å². The minimum Gasteiger partial charge on any atom is -0.463 e. The van der Waals surface area contributed by atoms with Crippen molar-refractivity contribution in [1.82, 2.24) is 0 Å². The number of carbonyl (C=O) groups excluding carboxylic acids is 2. The topological polar surface area (TPSA) is 439 Å². The third kappa shape index (κ3) is 12.2. The molecule has 516 valence electrons. The standard InChI is InChI=1S/C62H100O28/c1-25-36(66)40(70)45(75)52(82-25)88-49-32(24-80-26(2)65)86-51(48(78)44(49)74)81-23-31-39(69)42(72)47(77)54(85-31)90-56(79)62-18-16-57(3,4)20-28(62)27-10-11-34-59(7)14-13-35(58(5,6)33(59)12-15-61(34,9)60(27,8)17-19-62)87-55-50(43(73)38(68)30(22-64)84-55)89-53-46(76)41(71)37(67)29(21-63)83-53/h10,25,28-55,63-64,66-78H,11-24H2,1-9H3/t25-,28-,29+,30+,31+,32+,33-,34+,35-,36-,37+,38+,39+,40+,41-,42-,43-,44+,45+,46+,47+,48+,49+,50+,51+,52-,53-,54-,55-,59-,60+,61+,62-/m0/s1. The van der Waals surface area contributed by atoms with E-state index in [2.05, 4.69) is 54.5 Å². The molecule has 33 atom stereocenters. The Morgan fingerprint density at radius 2 is 1.06 bits per heavy atom. The van der Waals surface area contributed by atoms with Crippen LogP contribution in [-0.2, 0) is 61.7 Å². The number of aliphatic hydroxyl groups is 15. The molecule has 90 heavy (non-hydrogen) atoms. The fourth-order valence-electron chi connectivity index (χ4n) is 18.0. The van der Waals surface area contributed by atoms with Crippen molar-refractivity contribution in [2.75, 3.05) is 26.4 Å². The molecule has 0 aromatic heterocycles. The van der Waals surface area contributed by atoms with Gasteiger partial charge in [0.2, 0.25) is 6.29 Å². The lowest BCUT2D eigenvalue weighted by Gasteiger charge is -2.71. The molecule has 4 saturated carbocycles. The minimum absolute atomic E-state index is 0.0764. The minimum atomic E-state index is -1.93. The van der Waals surface area contributed by atoms with Gasteiger partial charge in [0.25, 0.3) is 0 Å². The zero-order chi connectivity index (χ0) is 65.9. The third-order valence-electron chi connectivity index (χ3n) is 23.8. The Kier molecular flexibility index (Phi) is 20.6. The van der Waals surface area contributed by atoms with Gasteiger partial charge in [0.1, 0.15) is 123 Å². The number of carbonyl (C=O) groups is 2. The molecule has 0 amide bonds. The SMILES string of the molecule is CC(=O)OC[C@H]1O[C@@H](OC[C@H]2O[C@@H](OC(=O)[C@]34CCC(C)(C)C[C@H]3C3=CC[C@@H]5[C@@]6(C)CC[C@H](O[C@@H]7O[C@H](CO)[C@@H](O)[C@H](O)[C@H]7O[C@@H]7O[C@H](CO)[C@@H](O)[C@H](O)[C@H]7O)C(C)(C)[C@@H]6CC[C@@]5(C)[C@]3(C)CC4)[C@H](O)[C@@H](O)[C@@H]2O)[C@H](O)[C@@H](O)[C@@H]1O[C@@H]1O[C@@H](C)[C@H](O)[C@@H](O)[C@H]1O. The zero-order valence-electron chi connectivity index (χ0n) is 52.7. The van der Waals surface area contributed by atoms with Crippen LogP contribution in [0, 0.1) is 50.2 Å². The predicted octanol–water partition coefficient (Wildman–Crippen LogP) is -2.61. The van der Waals surface area contributed by atoms with Gasteiger partial charge in [-0.05, 0) is 116 Å². The van der Waals surface area contributed by atoms with Crippen molar-refractivity contribution in [3.63, 3.8) is 0 Å². The fourth-order valence-corrected chi connectivity index (χ4v) is 18.0. The summed E-state index contributed by atoms with van der Waals surface area (Å²) in [5.74, 6) is -1.44. The van der Waals surface area contributed by atoms with Crippen molar-refractivity contribution in [3.8, 4) is 0 Å². The van der Waals surface area contributed by atoms with E-state index in [0.717, 1.165) is 26.2 Å². The highest BCUT2D eigenvalue weighted by Crippen LogP contribution is 2.76. The fraction of sp³-hybridized carbons (Fsp3) is 0.935. The Bertz CT molecular complexity index is 2540. The molecule has 28 heteroatoms. The Balaban J connectivity index is 0.837. The van der Waals surface area contributed by atoms with Crippen LogP contribution in [0.2, 0.25) is 0 Å². The maximum absolute atomic E-state index is 15.3. The van der Waals surface area contributed by atoms with Crippen molar-refractivity contribution < 1.29 is 138 Å². The van der Waals surface area contributed by atoms with Crippen molar-refractivity contribution in [2.45, 2.75) is 286 Å². The summed E-state index contributed by atoms with van der Waals surface area (Å²) in [5, 5.41) is 162. The van der Waals surface area contributed by atoms with Crippen LogP contribution in [0.5, 0.6) is 0 Å². The first-order valence-electron chi connectivity index (χ1n) is 32.1. The van der Waals surface area contributed by atoms with Crippen LogP contribution in [-0.4, -0.2) is 275 Å². The van der Waals surface area contributed by atoms with Gasteiger partial charge in [0.05, 0.1) is 37.4 Å². The molecule has 0 bridgehead atoms. The summed E-state index contributed by atoms with van der Waals surface area (Å²) < 4.78 is 65.2. The summed E-state index contributed by atoms with van der Waals surface area (Å²) in [5.41, 5.74) is -1.56. The molecule has 28 nitrogen and oxygen atoms in total. The molecule has 0 aromatic carbocycles. The zero-order valence-corrected chi connectivity index (χ0v) is 52.7. The quantitative estimate of drug-likeness (QED) is 0.0454. The van der Waals surface area contributed by atoms with Gasteiger partial charge >= 0.3 is 11.9 Å². The van der Waals surface area contributed by atoms with Crippen LogP contribution in [0.1, 0.15) is 127 Å². The molecule has 0 aromatic rings. The van der Waals surface area contributed by atoms with E-state index in [0.29, 0.717) is 44.9 Å². The Labute approximate surface area is 523 Å². The molecule has 0 unspecified atom stereocenters. The lowest BCUT2D eigenvalue weighted by Crippen LogP contribution is -2.67. The van der Waals surface area contributed by atoms with Crippen molar-refractivity contribution in [2.24, 2.45) is 50.2 Å². The molecular formula is C62H100O28. The maximum atomic E-state index is 15.3. The van der Waals surface area contributed by atoms with Crippen molar-refractivity contribution >= 4 is 11.9 Å². The Hall–Kier alpha value is -2.28. The first-order chi connectivity index (χ1) is 42.1. The number of aliphatic hydroxyl groups excluding tert-OH is 15. The summed E-state index contributed by atoms with van der Waals surface area (Å²) in [6, 6.07) is 0. The van der Waals surface area contributed by atoms with Crippen LogP contribution >= 0.6 is 0 Å². The molecule has 5 aliphatic heterocycles. The molecule has 5 saturated heterocycles. The summed E-state index contributed by atoms with van der Waals surface area (Å²) >= 11 is 0. The lowest BCUT2D eigenvalue weighted by molar-refractivity contribution is -0.378. The number of esters is 2.